The molecule has 1 nitrogen and oxygen atoms in total. The number of hydrogen-bond acceptors (Lipinski definition) is 2. The van der Waals surface area contributed by atoms with Gasteiger partial charge in [-0.1, -0.05) is 0 Å². The van der Waals surface area contributed by atoms with Crippen LogP contribution in [0.25, 0.3) is 0 Å². The lowest BCUT2D eigenvalue weighted by Crippen LogP contribution is -2.05. The van der Waals surface area contributed by atoms with Crippen molar-refractivity contribution in [1.82, 2.24) is 4.98 Å². The highest BCUT2D eigenvalue weighted by Gasteiger charge is 2.26. The molecule has 4 heteroatoms. The van der Waals surface area contributed by atoms with Gasteiger partial charge in [-0.05, 0) is 0 Å². The van der Waals surface area contributed by atoms with Crippen LogP contribution in [0.3, 0.4) is 0 Å². The van der Waals surface area contributed by atoms with Gasteiger partial charge in [-0.25, -0.2) is 4.98 Å². The molecule has 0 aliphatic rings. The van der Waals surface area contributed by atoms with Gasteiger partial charge in [-0.15, -0.1) is 11.3 Å². The van der Waals surface area contributed by atoms with Crippen LogP contribution in [0.1, 0.15) is 5.01 Å². The second-order valence-corrected chi connectivity index (χ2v) is 2.44. The summed E-state index contributed by atoms with van der Waals surface area (Å²) in [6.45, 7) is 2.63. The molecular formula is C5H4F2NS. The Balaban J connectivity index is 2.90. The zero-order chi connectivity index (χ0) is 6.91. The zero-order valence-electron chi connectivity index (χ0n) is 4.47. The van der Waals surface area contributed by atoms with E-state index in [0.717, 1.165) is 11.3 Å². The third-order valence-corrected chi connectivity index (χ3v) is 1.63. The Morgan fingerprint density at radius 3 is 2.56 bits per heavy atom. The fourth-order valence-electron chi connectivity index (χ4n) is 0.404. The van der Waals surface area contributed by atoms with E-state index < -0.39 is 5.92 Å². The predicted molar refractivity (Wildman–Crippen MR) is 31.4 cm³/mol. The minimum absolute atomic E-state index is 0.234. The molecule has 1 rings (SSSR count). The van der Waals surface area contributed by atoms with Gasteiger partial charge in [0.1, 0.15) is 0 Å². The third-order valence-electron chi connectivity index (χ3n) is 0.745. The molecule has 0 fully saturated rings. The quantitative estimate of drug-likeness (QED) is 0.594. The lowest BCUT2D eigenvalue weighted by Gasteiger charge is -2.02. The molecule has 0 unspecified atom stereocenters. The van der Waals surface area contributed by atoms with Crippen molar-refractivity contribution in [2.75, 3.05) is 0 Å². The fraction of sp³-hybridized carbons (Fsp3) is 0.200. The highest BCUT2D eigenvalue weighted by Crippen LogP contribution is 2.27. The highest BCUT2D eigenvalue weighted by atomic mass is 32.1. The predicted octanol–water partition coefficient (Wildman–Crippen LogP) is 2.07. The normalized spacial score (nSPS) is 11.9. The van der Waals surface area contributed by atoms with Gasteiger partial charge in [-0.3, -0.25) is 0 Å². The second kappa shape index (κ2) is 2.02. The Morgan fingerprint density at radius 2 is 2.33 bits per heavy atom. The van der Waals surface area contributed by atoms with E-state index in [9.17, 15) is 8.78 Å². The van der Waals surface area contributed by atoms with Crippen LogP contribution < -0.4 is 0 Å². The molecular weight excluding hydrogens is 144 g/mol. The van der Waals surface area contributed by atoms with Crippen molar-refractivity contribution in [2.45, 2.75) is 5.92 Å². The molecule has 0 atom stereocenters. The van der Waals surface area contributed by atoms with Gasteiger partial charge >= 0.3 is 0 Å². The Morgan fingerprint density at radius 1 is 1.67 bits per heavy atom. The Bertz CT molecular complexity index is 177. The molecule has 1 heterocycles. The lowest BCUT2D eigenvalue weighted by atomic mass is 10.4. The molecule has 0 saturated carbocycles. The number of alkyl halides is 2. The SMILES string of the molecule is [CH2]C(F)(F)c1nccs1. The van der Waals surface area contributed by atoms with E-state index in [-0.39, 0.29) is 5.01 Å². The van der Waals surface area contributed by atoms with Crippen LogP contribution >= 0.6 is 11.3 Å². The Kier molecular flexibility index (Phi) is 1.48. The third kappa shape index (κ3) is 1.45. The molecule has 0 aliphatic heterocycles. The smallest absolute Gasteiger partial charge is 0.243 e. The maximum Gasteiger partial charge on any atom is 0.299 e. The van der Waals surface area contributed by atoms with E-state index in [0.29, 0.717) is 0 Å². The van der Waals surface area contributed by atoms with Gasteiger partial charge in [-0.2, -0.15) is 8.78 Å². The van der Waals surface area contributed by atoms with Crippen LogP contribution in [-0.2, 0) is 5.92 Å². The van der Waals surface area contributed by atoms with Crippen molar-refractivity contribution in [3.05, 3.63) is 23.5 Å². The van der Waals surface area contributed by atoms with Crippen molar-refractivity contribution < 1.29 is 8.78 Å². The molecule has 49 valence electrons. The molecule has 0 amide bonds. The molecule has 9 heavy (non-hydrogen) atoms. The molecule has 0 aromatic carbocycles. The minimum Gasteiger partial charge on any atom is -0.243 e. The van der Waals surface area contributed by atoms with E-state index >= 15 is 0 Å². The summed E-state index contributed by atoms with van der Waals surface area (Å²) in [5, 5.41) is 1.26. The first-order valence-corrected chi connectivity index (χ1v) is 3.12. The van der Waals surface area contributed by atoms with Crippen LogP contribution in [0.4, 0.5) is 8.78 Å². The second-order valence-electron chi connectivity index (χ2n) is 1.54. The average Bonchev–Trinajstić information content (AvgIpc) is 2.08. The number of halogens is 2. The number of thiazole rings is 1. The standard InChI is InChI=1S/C5H4F2NS/c1-5(6,7)4-8-2-3-9-4/h2-3H,1H2. The first-order valence-electron chi connectivity index (χ1n) is 2.24. The molecule has 1 aromatic rings. The maximum absolute atomic E-state index is 12.1. The average molecular weight is 148 g/mol. The number of aromatic nitrogens is 1. The van der Waals surface area contributed by atoms with Crippen molar-refractivity contribution in [2.24, 2.45) is 0 Å². The number of nitrogens with zero attached hydrogens (tertiary/aromatic N) is 1. The lowest BCUT2D eigenvalue weighted by molar-refractivity contribution is 0.0484. The Labute approximate surface area is 55.4 Å². The van der Waals surface area contributed by atoms with Crippen molar-refractivity contribution >= 4 is 11.3 Å². The van der Waals surface area contributed by atoms with Crippen LogP contribution in [0.15, 0.2) is 11.6 Å². The largest absolute Gasteiger partial charge is 0.299 e. The Hall–Kier alpha value is -0.510. The number of hydrogen-bond donors (Lipinski definition) is 0. The molecule has 0 N–H and O–H groups in total. The summed E-state index contributed by atoms with van der Waals surface area (Å²) in [4.78, 5) is 3.39. The molecule has 0 spiro atoms. The first kappa shape index (κ1) is 6.61. The van der Waals surface area contributed by atoms with E-state index in [1.807, 2.05) is 0 Å². The van der Waals surface area contributed by atoms with Crippen molar-refractivity contribution in [3.63, 3.8) is 0 Å². The van der Waals surface area contributed by atoms with Crippen LogP contribution in [0.5, 0.6) is 0 Å². The van der Waals surface area contributed by atoms with Gasteiger partial charge in [0.05, 0.1) is 0 Å². The topological polar surface area (TPSA) is 12.9 Å². The molecule has 0 bridgehead atoms. The van der Waals surface area contributed by atoms with Gasteiger partial charge in [0.25, 0.3) is 5.92 Å². The van der Waals surface area contributed by atoms with Crippen LogP contribution in [0.2, 0.25) is 0 Å². The first-order chi connectivity index (χ1) is 4.11. The summed E-state index contributed by atoms with van der Waals surface area (Å²) in [5.41, 5.74) is 0. The summed E-state index contributed by atoms with van der Waals surface area (Å²) in [5.74, 6) is -3.02. The van der Waals surface area contributed by atoms with E-state index in [1.54, 1.807) is 0 Å². The monoisotopic (exact) mass is 148 g/mol. The molecule has 0 saturated heterocycles. The summed E-state index contributed by atoms with van der Waals surface area (Å²) >= 11 is 0.906. The zero-order valence-corrected chi connectivity index (χ0v) is 5.29. The number of rotatable bonds is 1. The van der Waals surface area contributed by atoms with Gasteiger partial charge < -0.3 is 0 Å². The van der Waals surface area contributed by atoms with Crippen LogP contribution in [0, 0.1) is 6.92 Å². The van der Waals surface area contributed by atoms with E-state index in [2.05, 4.69) is 11.9 Å². The summed E-state index contributed by atoms with van der Waals surface area (Å²) in [6.07, 6.45) is 1.33. The minimum atomic E-state index is -3.02. The van der Waals surface area contributed by atoms with Gasteiger partial charge in [0.2, 0.25) is 0 Å². The summed E-state index contributed by atoms with van der Waals surface area (Å²) in [6, 6.07) is 0. The molecule has 1 radical (unpaired) electrons. The van der Waals surface area contributed by atoms with Gasteiger partial charge in [0, 0.05) is 18.5 Å². The highest BCUT2D eigenvalue weighted by molar-refractivity contribution is 7.09. The van der Waals surface area contributed by atoms with E-state index in [4.69, 9.17) is 0 Å². The van der Waals surface area contributed by atoms with Crippen molar-refractivity contribution in [3.8, 4) is 0 Å². The summed E-state index contributed by atoms with van der Waals surface area (Å²) in [7, 11) is 0. The van der Waals surface area contributed by atoms with E-state index in [1.165, 1.54) is 11.6 Å². The molecule has 0 aliphatic carbocycles. The van der Waals surface area contributed by atoms with Crippen molar-refractivity contribution in [1.29, 1.82) is 0 Å². The molecule has 1 aromatic heterocycles. The summed E-state index contributed by atoms with van der Waals surface area (Å²) < 4.78 is 24.2. The maximum atomic E-state index is 12.1. The van der Waals surface area contributed by atoms with Crippen LogP contribution in [-0.4, -0.2) is 4.98 Å². The fourth-order valence-corrected chi connectivity index (χ4v) is 0.949. The van der Waals surface area contributed by atoms with Gasteiger partial charge in [0.15, 0.2) is 5.01 Å².